The Morgan fingerprint density at radius 2 is 2.05 bits per heavy atom. The first-order valence-corrected chi connectivity index (χ1v) is 6.81. The number of methoxy groups -OCH3 is 2. The molecular formula is C15H24N2O3. The molecule has 0 spiro atoms. The molecule has 0 aliphatic heterocycles. The van der Waals surface area contributed by atoms with E-state index in [-0.39, 0.29) is 11.9 Å². The summed E-state index contributed by atoms with van der Waals surface area (Å²) in [4.78, 5) is 11.8. The van der Waals surface area contributed by atoms with Crippen LogP contribution in [0.5, 0.6) is 5.75 Å². The molecule has 0 aliphatic rings. The molecule has 5 nitrogen and oxygen atoms in total. The number of rotatable bonds is 9. The number of para-hydroxylation sites is 1. The highest BCUT2D eigenvalue weighted by molar-refractivity contribution is 5.81. The third kappa shape index (κ3) is 5.59. The first-order valence-electron chi connectivity index (χ1n) is 6.81. The van der Waals surface area contributed by atoms with Gasteiger partial charge in [0, 0.05) is 32.4 Å². The van der Waals surface area contributed by atoms with Gasteiger partial charge in [-0.2, -0.15) is 0 Å². The van der Waals surface area contributed by atoms with Gasteiger partial charge < -0.3 is 20.1 Å². The lowest BCUT2D eigenvalue weighted by Gasteiger charge is -2.15. The number of ether oxygens (including phenoxy) is 2. The predicted molar refractivity (Wildman–Crippen MR) is 78.8 cm³/mol. The molecule has 0 bridgehead atoms. The van der Waals surface area contributed by atoms with Gasteiger partial charge in [0.15, 0.2) is 0 Å². The van der Waals surface area contributed by atoms with Crippen LogP contribution in [0.1, 0.15) is 18.9 Å². The summed E-state index contributed by atoms with van der Waals surface area (Å²) in [6.07, 6.45) is 0.821. The molecule has 0 saturated heterocycles. The minimum absolute atomic E-state index is 0.00370. The molecule has 1 rings (SSSR count). The zero-order valence-electron chi connectivity index (χ0n) is 12.4. The molecule has 2 N–H and O–H groups in total. The van der Waals surface area contributed by atoms with Crippen LogP contribution in [0.3, 0.4) is 0 Å². The molecule has 0 radical (unpaired) electrons. The van der Waals surface area contributed by atoms with E-state index in [1.54, 1.807) is 14.2 Å². The molecule has 20 heavy (non-hydrogen) atoms. The molecule has 1 unspecified atom stereocenters. The largest absolute Gasteiger partial charge is 0.496 e. The fourth-order valence-electron chi connectivity index (χ4n) is 1.79. The van der Waals surface area contributed by atoms with Gasteiger partial charge in [-0.15, -0.1) is 0 Å². The van der Waals surface area contributed by atoms with E-state index in [2.05, 4.69) is 10.6 Å². The summed E-state index contributed by atoms with van der Waals surface area (Å²) in [5.74, 6) is 0.823. The fraction of sp³-hybridized carbons (Fsp3) is 0.533. The lowest BCUT2D eigenvalue weighted by atomic mass is 10.2. The second-order valence-electron chi connectivity index (χ2n) is 4.55. The number of benzene rings is 1. The summed E-state index contributed by atoms with van der Waals surface area (Å²) in [6, 6.07) is 7.52. The van der Waals surface area contributed by atoms with Crippen LogP contribution in [-0.4, -0.2) is 39.3 Å². The van der Waals surface area contributed by atoms with Crippen LogP contribution in [0.4, 0.5) is 0 Å². The Labute approximate surface area is 120 Å². The van der Waals surface area contributed by atoms with Crippen LogP contribution in [0, 0.1) is 0 Å². The Morgan fingerprint density at radius 1 is 1.30 bits per heavy atom. The van der Waals surface area contributed by atoms with Crippen LogP contribution < -0.4 is 15.4 Å². The van der Waals surface area contributed by atoms with E-state index in [4.69, 9.17) is 9.47 Å². The first-order chi connectivity index (χ1) is 9.69. The van der Waals surface area contributed by atoms with Crippen LogP contribution in [0.2, 0.25) is 0 Å². The lowest BCUT2D eigenvalue weighted by molar-refractivity contribution is -0.122. The molecule has 0 saturated carbocycles. The second kappa shape index (κ2) is 9.34. The standard InChI is InChI=1S/C15H24N2O3/c1-12(15(18)16-9-6-10-19-2)17-11-13-7-4-5-8-14(13)20-3/h4-5,7-8,12,17H,6,9-11H2,1-3H3,(H,16,18). The van der Waals surface area contributed by atoms with Crippen molar-refractivity contribution in [2.45, 2.75) is 25.9 Å². The van der Waals surface area contributed by atoms with E-state index in [9.17, 15) is 4.79 Å². The fourth-order valence-corrected chi connectivity index (χ4v) is 1.79. The summed E-state index contributed by atoms with van der Waals surface area (Å²) in [7, 11) is 3.30. The number of hydrogen-bond donors (Lipinski definition) is 2. The average Bonchev–Trinajstić information content (AvgIpc) is 2.49. The van der Waals surface area contributed by atoms with E-state index in [0.717, 1.165) is 17.7 Å². The van der Waals surface area contributed by atoms with E-state index in [1.165, 1.54) is 0 Å². The lowest BCUT2D eigenvalue weighted by Crippen LogP contribution is -2.42. The van der Waals surface area contributed by atoms with Gasteiger partial charge in [-0.25, -0.2) is 0 Å². The molecule has 112 valence electrons. The molecule has 1 amide bonds. The average molecular weight is 280 g/mol. The topological polar surface area (TPSA) is 59.6 Å². The Morgan fingerprint density at radius 3 is 2.75 bits per heavy atom. The smallest absolute Gasteiger partial charge is 0.236 e. The maximum Gasteiger partial charge on any atom is 0.236 e. The zero-order valence-corrected chi connectivity index (χ0v) is 12.4. The van der Waals surface area contributed by atoms with Crippen molar-refractivity contribution in [1.82, 2.24) is 10.6 Å². The van der Waals surface area contributed by atoms with Crippen molar-refractivity contribution in [3.05, 3.63) is 29.8 Å². The Bertz CT molecular complexity index is 410. The first kappa shape index (κ1) is 16.5. The molecule has 0 fully saturated rings. The Balaban J connectivity index is 2.34. The number of carbonyl (C=O) groups is 1. The van der Waals surface area contributed by atoms with Crippen LogP contribution >= 0.6 is 0 Å². The maximum atomic E-state index is 11.8. The van der Waals surface area contributed by atoms with Crippen molar-refractivity contribution in [3.8, 4) is 5.75 Å². The van der Waals surface area contributed by atoms with Gasteiger partial charge in [0.05, 0.1) is 13.2 Å². The van der Waals surface area contributed by atoms with E-state index in [1.807, 2.05) is 31.2 Å². The highest BCUT2D eigenvalue weighted by Crippen LogP contribution is 2.16. The highest BCUT2D eigenvalue weighted by Gasteiger charge is 2.12. The van der Waals surface area contributed by atoms with Gasteiger partial charge in [0.2, 0.25) is 5.91 Å². The van der Waals surface area contributed by atoms with Crippen molar-refractivity contribution in [1.29, 1.82) is 0 Å². The van der Waals surface area contributed by atoms with Crippen molar-refractivity contribution in [3.63, 3.8) is 0 Å². The molecular weight excluding hydrogens is 256 g/mol. The monoisotopic (exact) mass is 280 g/mol. The van der Waals surface area contributed by atoms with Gasteiger partial charge in [0.1, 0.15) is 5.75 Å². The van der Waals surface area contributed by atoms with Crippen LogP contribution in [-0.2, 0) is 16.1 Å². The number of amides is 1. The summed E-state index contributed by atoms with van der Waals surface area (Å²) >= 11 is 0. The molecule has 5 heteroatoms. The highest BCUT2D eigenvalue weighted by atomic mass is 16.5. The van der Waals surface area contributed by atoms with E-state index in [0.29, 0.717) is 19.7 Å². The predicted octanol–water partition coefficient (Wildman–Crippen LogP) is 1.33. The summed E-state index contributed by atoms with van der Waals surface area (Å²) in [5, 5.41) is 6.06. The number of carbonyl (C=O) groups excluding carboxylic acids is 1. The quantitative estimate of drug-likeness (QED) is 0.670. The van der Waals surface area contributed by atoms with E-state index < -0.39 is 0 Å². The van der Waals surface area contributed by atoms with Gasteiger partial charge in [-0.1, -0.05) is 18.2 Å². The number of nitrogens with one attached hydrogen (secondary N) is 2. The van der Waals surface area contributed by atoms with Crippen LogP contribution in [0.15, 0.2) is 24.3 Å². The number of hydrogen-bond acceptors (Lipinski definition) is 4. The summed E-state index contributed by atoms with van der Waals surface area (Å²) in [6.45, 7) is 3.73. The molecule has 1 aromatic rings. The normalized spacial score (nSPS) is 11.9. The van der Waals surface area contributed by atoms with Crippen molar-refractivity contribution in [2.24, 2.45) is 0 Å². The SMILES string of the molecule is COCCCNC(=O)C(C)NCc1ccccc1OC. The molecule has 0 aliphatic carbocycles. The van der Waals surface area contributed by atoms with Crippen molar-refractivity contribution >= 4 is 5.91 Å². The minimum Gasteiger partial charge on any atom is -0.496 e. The van der Waals surface area contributed by atoms with Gasteiger partial charge in [-0.05, 0) is 19.4 Å². The second-order valence-corrected chi connectivity index (χ2v) is 4.55. The van der Waals surface area contributed by atoms with Gasteiger partial charge in [0.25, 0.3) is 0 Å². The van der Waals surface area contributed by atoms with Crippen LogP contribution in [0.25, 0.3) is 0 Å². The van der Waals surface area contributed by atoms with E-state index >= 15 is 0 Å². The third-order valence-corrected chi connectivity index (χ3v) is 3.01. The Hall–Kier alpha value is -1.59. The van der Waals surface area contributed by atoms with Gasteiger partial charge in [-0.3, -0.25) is 4.79 Å². The zero-order chi connectivity index (χ0) is 14.8. The summed E-state index contributed by atoms with van der Waals surface area (Å²) in [5.41, 5.74) is 1.04. The summed E-state index contributed by atoms with van der Waals surface area (Å²) < 4.78 is 10.2. The molecule has 1 atom stereocenters. The van der Waals surface area contributed by atoms with Crippen molar-refractivity contribution in [2.75, 3.05) is 27.4 Å². The third-order valence-electron chi connectivity index (χ3n) is 3.01. The van der Waals surface area contributed by atoms with Crippen molar-refractivity contribution < 1.29 is 14.3 Å². The maximum absolute atomic E-state index is 11.8. The Kier molecular flexibility index (Phi) is 7.69. The van der Waals surface area contributed by atoms with Gasteiger partial charge >= 0.3 is 0 Å². The molecule has 0 heterocycles. The molecule has 1 aromatic carbocycles. The molecule has 0 aromatic heterocycles. The minimum atomic E-state index is -0.248.